The Labute approximate surface area is 160 Å². The third kappa shape index (κ3) is 3.92. The molecule has 0 saturated carbocycles. The third-order valence-electron chi connectivity index (χ3n) is 3.73. The molecule has 0 aliphatic carbocycles. The SMILES string of the molecule is Cc1ccc(/C=N/N(C)c2nc(-c3ccccc3Cl)cs2)c(C(=O)O)c1. The van der Waals surface area contributed by atoms with Crippen molar-refractivity contribution >= 4 is 40.3 Å². The number of nitrogens with zero attached hydrogens (tertiary/aromatic N) is 3. The van der Waals surface area contributed by atoms with Crippen molar-refractivity contribution in [3.63, 3.8) is 0 Å². The van der Waals surface area contributed by atoms with Crippen molar-refractivity contribution < 1.29 is 9.90 Å². The van der Waals surface area contributed by atoms with Crippen LogP contribution in [0.1, 0.15) is 21.5 Å². The molecule has 26 heavy (non-hydrogen) atoms. The molecule has 3 aromatic rings. The van der Waals surface area contributed by atoms with Crippen LogP contribution >= 0.6 is 22.9 Å². The number of halogens is 1. The van der Waals surface area contributed by atoms with Crippen LogP contribution in [0.5, 0.6) is 0 Å². The molecular formula is C19H16ClN3O2S. The van der Waals surface area contributed by atoms with Gasteiger partial charge in [-0.15, -0.1) is 11.3 Å². The number of aromatic carboxylic acids is 1. The van der Waals surface area contributed by atoms with Gasteiger partial charge >= 0.3 is 5.97 Å². The first-order valence-corrected chi connectivity index (χ1v) is 9.03. The molecule has 7 heteroatoms. The van der Waals surface area contributed by atoms with Crippen molar-refractivity contribution in [3.8, 4) is 11.3 Å². The summed E-state index contributed by atoms with van der Waals surface area (Å²) in [5.41, 5.74) is 3.29. The van der Waals surface area contributed by atoms with Gasteiger partial charge in [-0.25, -0.2) is 14.8 Å². The maximum absolute atomic E-state index is 11.4. The molecule has 0 saturated heterocycles. The van der Waals surface area contributed by atoms with Gasteiger partial charge in [-0.05, 0) is 19.1 Å². The number of rotatable bonds is 5. The minimum Gasteiger partial charge on any atom is -0.478 e. The summed E-state index contributed by atoms with van der Waals surface area (Å²) in [4.78, 5) is 15.9. The van der Waals surface area contributed by atoms with Crippen molar-refractivity contribution in [1.29, 1.82) is 0 Å². The Morgan fingerprint density at radius 3 is 2.81 bits per heavy atom. The molecule has 0 fully saturated rings. The molecule has 1 heterocycles. The Hall–Kier alpha value is -2.70. The van der Waals surface area contributed by atoms with Gasteiger partial charge in [0.25, 0.3) is 0 Å². The van der Waals surface area contributed by atoms with E-state index in [2.05, 4.69) is 10.1 Å². The van der Waals surface area contributed by atoms with Crippen LogP contribution in [0.25, 0.3) is 11.3 Å². The van der Waals surface area contributed by atoms with Crippen LogP contribution in [0.3, 0.4) is 0 Å². The highest BCUT2D eigenvalue weighted by atomic mass is 35.5. The zero-order chi connectivity index (χ0) is 18.7. The van der Waals surface area contributed by atoms with E-state index in [0.717, 1.165) is 16.8 Å². The fraction of sp³-hybridized carbons (Fsp3) is 0.105. The summed E-state index contributed by atoms with van der Waals surface area (Å²) in [5, 5.41) is 18.5. The normalized spacial score (nSPS) is 11.0. The lowest BCUT2D eigenvalue weighted by Gasteiger charge is -2.09. The average molecular weight is 386 g/mol. The second-order valence-electron chi connectivity index (χ2n) is 5.66. The minimum absolute atomic E-state index is 0.220. The highest BCUT2D eigenvalue weighted by Crippen LogP contribution is 2.31. The summed E-state index contributed by atoms with van der Waals surface area (Å²) >= 11 is 7.65. The average Bonchev–Trinajstić information content (AvgIpc) is 3.10. The molecule has 1 N–H and O–H groups in total. The van der Waals surface area contributed by atoms with E-state index in [1.807, 2.05) is 42.6 Å². The molecule has 0 aliphatic heterocycles. The van der Waals surface area contributed by atoms with Crippen LogP contribution < -0.4 is 5.01 Å². The maximum atomic E-state index is 11.4. The van der Waals surface area contributed by atoms with Crippen molar-refractivity contribution in [2.45, 2.75) is 6.92 Å². The molecule has 0 unspecified atom stereocenters. The summed E-state index contributed by atoms with van der Waals surface area (Å²) in [6.45, 7) is 1.85. The first-order valence-electron chi connectivity index (χ1n) is 7.78. The van der Waals surface area contributed by atoms with Crippen LogP contribution in [-0.4, -0.2) is 29.3 Å². The smallest absolute Gasteiger partial charge is 0.336 e. The van der Waals surface area contributed by atoms with Crippen LogP contribution in [0.2, 0.25) is 5.02 Å². The van der Waals surface area contributed by atoms with Gasteiger partial charge in [0.2, 0.25) is 5.13 Å². The fourth-order valence-corrected chi connectivity index (χ4v) is 3.35. The van der Waals surface area contributed by atoms with Crippen molar-refractivity contribution in [2.24, 2.45) is 5.10 Å². The highest BCUT2D eigenvalue weighted by molar-refractivity contribution is 7.14. The van der Waals surface area contributed by atoms with Gasteiger partial charge in [0, 0.05) is 28.6 Å². The van der Waals surface area contributed by atoms with E-state index in [-0.39, 0.29) is 5.56 Å². The number of aromatic nitrogens is 1. The second-order valence-corrected chi connectivity index (χ2v) is 6.90. The monoisotopic (exact) mass is 385 g/mol. The predicted octanol–water partition coefficient (Wildman–Crippen LogP) is 4.94. The summed E-state index contributed by atoms with van der Waals surface area (Å²) in [6, 6.07) is 12.7. The molecule has 0 bridgehead atoms. The molecule has 0 radical (unpaired) electrons. The molecule has 132 valence electrons. The van der Waals surface area contributed by atoms with E-state index in [1.54, 1.807) is 24.2 Å². The number of carbonyl (C=O) groups is 1. The number of benzene rings is 2. The van der Waals surface area contributed by atoms with Gasteiger partial charge in [-0.3, -0.25) is 0 Å². The first-order chi connectivity index (χ1) is 12.5. The number of hydrogen-bond donors (Lipinski definition) is 1. The Bertz CT molecular complexity index is 984. The number of carboxylic acids is 1. The highest BCUT2D eigenvalue weighted by Gasteiger charge is 2.11. The van der Waals surface area contributed by atoms with E-state index in [9.17, 15) is 9.90 Å². The van der Waals surface area contributed by atoms with Crippen LogP contribution in [0, 0.1) is 6.92 Å². The van der Waals surface area contributed by atoms with Crippen LogP contribution in [-0.2, 0) is 0 Å². The zero-order valence-corrected chi connectivity index (χ0v) is 15.8. The summed E-state index contributed by atoms with van der Waals surface area (Å²) < 4.78 is 0. The van der Waals surface area contributed by atoms with Gasteiger partial charge in [-0.2, -0.15) is 5.10 Å². The van der Waals surface area contributed by atoms with E-state index >= 15 is 0 Å². The van der Waals surface area contributed by atoms with Gasteiger partial charge in [0.15, 0.2) is 0 Å². The van der Waals surface area contributed by atoms with Crippen LogP contribution in [0.15, 0.2) is 52.9 Å². The molecule has 5 nitrogen and oxygen atoms in total. The van der Waals surface area contributed by atoms with Gasteiger partial charge < -0.3 is 5.11 Å². The molecule has 0 amide bonds. The molecule has 0 aliphatic rings. The van der Waals surface area contributed by atoms with E-state index in [4.69, 9.17) is 11.6 Å². The Morgan fingerprint density at radius 2 is 2.08 bits per heavy atom. The fourth-order valence-electron chi connectivity index (χ4n) is 2.37. The van der Waals surface area contributed by atoms with Gasteiger partial charge in [0.05, 0.1) is 17.5 Å². The predicted molar refractivity (Wildman–Crippen MR) is 107 cm³/mol. The summed E-state index contributed by atoms with van der Waals surface area (Å²) in [7, 11) is 1.76. The number of thiazole rings is 1. The number of hydrogen-bond acceptors (Lipinski definition) is 5. The summed E-state index contributed by atoms with van der Waals surface area (Å²) in [6.07, 6.45) is 1.53. The lowest BCUT2D eigenvalue weighted by molar-refractivity contribution is 0.0696. The molecule has 1 aromatic heterocycles. The maximum Gasteiger partial charge on any atom is 0.336 e. The number of anilines is 1. The quantitative estimate of drug-likeness (QED) is 0.499. The van der Waals surface area contributed by atoms with Gasteiger partial charge in [-0.1, -0.05) is 47.5 Å². The summed E-state index contributed by atoms with van der Waals surface area (Å²) in [5.74, 6) is -0.979. The minimum atomic E-state index is -0.979. The molecule has 0 spiro atoms. The number of carboxylic acid groups (broad SMARTS) is 1. The molecular weight excluding hydrogens is 370 g/mol. The van der Waals surface area contributed by atoms with Crippen LogP contribution in [0.4, 0.5) is 5.13 Å². The lowest BCUT2D eigenvalue weighted by atomic mass is 10.1. The van der Waals surface area contributed by atoms with E-state index in [0.29, 0.717) is 15.7 Å². The van der Waals surface area contributed by atoms with E-state index in [1.165, 1.54) is 17.6 Å². The lowest BCUT2D eigenvalue weighted by Crippen LogP contribution is -2.10. The standard InChI is InChI=1S/C19H16ClN3O2S/c1-12-7-8-13(15(9-12)18(24)25)10-21-23(2)19-22-17(11-26-19)14-5-3-4-6-16(14)20/h3-11H,1-2H3,(H,24,25)/b21-10+. The Morgan fingerprint density at radius 1 is 1.31 bits per heavy atom. The Balaban J connectivity index is 1.83. The van der Waals surface area contributed by atoms with E-state index < -0.39 is 5.97 Å². The largest absolute Gasteiger partial charge is 0.478 e. The zero-order valence-electron chi connectivity index (χ0n) is 14.2. The first kappa shape index (κ1) is 18.1. The Kier molecular flexibility index (Phi) is 5.35. The third-order valence-corrected chi connectivity index (χ3v) is 4.96. The van der Waals surface area contributed by atoms with Crippen molar-refractivity contribution in [1.82, 2.24) is 4.98 Å². The molecule has 2 aromatic carbocycles. The topological polar surface area (TPSA) is 65.8 Å². The van der Waals surface area contributed by atoms with Crippen molar-refractivity contribution in [2.75, 3.05) is 12.1 Å². The molecule has 0 atom stereocenters. The second kappa shape index (κ2) is 7.68. The van der Waals surface area contributed by atoms with Crippen molar-refractivity contribution in [3.05, 3.63) is 69.6 Å². The molecule has 3 rings (SSSR count). The van der Waals surface area contributed by atoms with Gasteiger partial charge in [0.1, 0.15) is 0 Å². The number of aryl methyl sites for hydroxylation is 1. The number of hydrazone groups is 1.